The standard InChI is InChI=1S/C28H24F7N7O2S/c1-15-22(24(43)39-17-5-8-21(20(29)13-17)42-11-2-9-36-10-12-42)45-25(38-15)19-14-37-26(41-23(19)27(30,31)32)40-16-3-6-18(7-4-16)44-28(33,34)35/h3-8,13-14,36H,2,9-12H2,1H3,(H,39,43)(H,37,40,41). The molecule has 3 heterocycles. The van der Waals surface area contributed by atoms with E-state index >= 15 is 0 Å². The van der Waals surface area contributed by atoms with E-state index in [1.807, 2.05) is 4.90 Å². The van der Waals surface area contributed by atoms with Gasteiger partial charge in [-0.05, 0) is 62.4 Å². The Balaban J connectivity index is 1.34. The van der Waals surface area contributed by atoms with Crippen molar-refractivity contribution in [3.63, 3.8) is 0 Å². The highest BCUT2D eigenvalue weighted by Crippen LogP contribution is 2.39. The van der Waals surface area contributed by atoms with Crippen LogP contribution in [0.4, 0.5) is 53.7 Å². The lowest BCUT2D eigenvalue weighted by Gasteiger charge is -2.23. The minimum Gasteiger partial charge on any atom is -0.406 e. The smallest absolute Gasteiger partial charge is 0.406 e. The fraction of sp³-hybridized carbons (Fsp3) is 0.286. The first-order valence-corrected chi connectivity index (χ1v) is 14.2. The van der Waals surface area contributed by atoms with Gasteiger partial charge in [0.1, 0.15) is 21.5 Å². The molecular weight excluding hydrogens is 631 g/mol. The van der Waals surface area contributed by atoms with E-state index in [4.69, 9.17) is 0 Å². The zero-order valence-corrected chi connectivity index (χ0v) is 24.1. The minimum absolute atomic E-state index is 0.00423. The number of hydrogen-bond donors (Lipinski definition) is 3. The van der Waals surface area contributed by atoms with Crippen LogP contribution in [0.15, 0.2) is 48.7 Å². The summed E-state index contributed by atoms with van der Waals surface area (Å²) in [5.41, 5.74) is -1.04. The first-order valence-electron chi connectivity index (χ1n) is 13.4. The number of hydrogen-bond acceptors (Lipinski definition) is 9. The molecule has 0 bridgehead atoms. The largest absolute Gasteiger partial charge is 0.573 e. The van der Waals surface area contributed by atoms with Crippen molar-refractivity contribution in [1.82, 2.24) is 20.3 Å². The summed E-state index contributed by atoms with van der Waals surface area (Å²) >= 11 is 0.680. The molecular formula is C28H24F7N7O2S. The van der Waals surface area contributed by atoms with E-state index in [0.717, 1.165) is 43.4 Å². The van der Waals surface area contributed by atoms with Crippen molar-refractivity contribution in [2.45, 2.75) is 25.9 Å². The van der Waals surface area contributed by atoms with Crippen molar-refractivity contribution in [3.8, 4) is 16.3 Å². The normalized spacial score (nSPS) is 14.2. The Labute approximate surface area is 255 Å². The fourth-order valence-corrected chi connectivity index (χ4v) is 5.49. The van der Waals surface area contributed by atoms with E-state index in [1.54, 1.807) is 12.1 Å². The second-order valence-corrected chi connectivity index (χ2v) is 10.8. The average molecular weight is 656 g/mol. The van der Waals surface area contributed by atoms with Crippen LogP contribution < -0.4 is 25.6 Å². The molecule has 5 rings (SSSR count). The summed E-state index contributed by atoms with van der Waals surface area (Å²) in [6, 6.07) is 8.52. The third-order valence-electron chi connectivity index (χ3n) is 6.52. The number of amides is 1. The van der Waals surface area contributed by atoms with Crippen LogP contribution in [0.5, 0.6) is 5.75 Å². The molecule has 1 aliphatic heterocycles. The molecule has 0 saturated carbocycles. The van der Waals surface area contributed by atoms with Crippen molar-refractivity contribution in [2.75, 3.05) is 41.7 Å². The summed E-state index contributed by atoms with van der Waals surface area (Å²) < 4.78 is 98.0. The van der Waals surface area contributed by atoms with E-state index in [1.165, 1.54) is 13.0 Å². The molecule has 0 atom stereocenters. The molecule has 0 unspecified atom stereocenters. The van der Waals surface area contributed by atoms with E-state index in [9.17, 15) is 35.5 Å². The Morgan fingerprint density at radius 1 is 1.00 bits per heavy atom. The van der Waals surface area contributed by atoms with Gasteiger partial charge in [-0.1, -0.05) is 0 Å². The van der Waals surface area contributed by atoms with Crippen molar-refractivity contribution in [2.24, 2.45) is 0 Å². The van der Waals surface area contributed by atoms with Crippen LogP contribution in [0.25, 0.3) is 10.6 Å². The van der Waals surface area contributed by atoms with Crippen molar-refractivity contribution < 1.29 is 40.3 Å². The highest BCUT2D eigenvalue weighted by Gasteiger charge is 2.38. The maximum absolute atomic E-state index is 14.9. The fourth-order valence-electron chi connectivity index (χ4n) is 4.52. The van der Waals surface area contributed by atoms with Gasteiger partial charge in [0.25, 0.3) is 5.91 Å². The number of nitrogens with zero attached hydrogens (tertiary/aromatic N) is 4. The Bertz CT molecular complexity index is 1670. The predicted octanol–water partition coefficient (Wildman–Crippen LogP) is 6.76. The van der Waals surface area contributed by atoms with Gasteiger partial charge in [0, 0.05) is 37.2 Å². The topological polar surface area (TPSA) is 104 Å². The monoisotopic (exact) mass is 655 g/mol. The molecule has 9 nitrogen and oxygen atoms in total. The molecule has 1 amide bonds. The van der Waals surface area contributed by atoms with Gasteiger partial charge in [-0.3, -0.25) is 4.79 Å². The van der Waals surface area contributed by atoms with Crippen LogP contribution >= 0.6 is 11.3 Å². The molecule has 1 aliphatic rings. The average Bonchev–Trinajstić information content (AvgIpc) is 3.15. The molecule has 0 radical (unpaired) electrons. The first-order chi connectivity index (χ1) is 21.3. The van der Waals surface area contributed by atoms with E-state index in [0.29, 0.717) is 36.7 Å². The van der Waals surface area contributed by atoms with E-state index in [-0.39, 0.29) is 27.0 Å². The summed E-state index contributed by atoms with van der Waals surface area (Å²) in [6.45, 7) is 4.29. The molecule has 17 heteroatoms. The quantitative estimate of drug-likeness (QED) is 0.188. The van der Waals surface area contributed by atoms with Crippen LogP contribution in [0, 0.1) is 12.7 Å². The second-order valence-electron chi connectivity index (χ2n) is 9.80. The number of halogens is 7. The van der Waals surface area contributed by atoms with Gasteiger partial charge in [-0.2, -0.15) is 13.2 Å². The minimum atomic E-state index is -4.95. The number of carbonyl (C=O) groups is 1. The molecule has 45 heavy (non-hydrogen) atoms. The summed E-state index contributed by atoms with van der Waals surface area (Å²) in [5.74, 6) is -2.22. The van der Waals surface area contributed by atoms with Crippen LogP contribution in [0.3, 0.4) is 0 Å². The Morgan fingerprint density at radius 2 is 1.73 bits per heavy atom. The van der Waals surface area contributed by atoms with Crippen LogP contribution in [0.1, 0.15) is 27.5 Å². The zero-order valence-electron chi connectivity index (χ0n) is 23.3. The van der Waals surface area contributed by atoms with E-state index < -0.39 is 47.2 Å². The van der Waals surface area contributed by atoms with Gasteiger partial charge in [0.15, 0.2) is 5.69 Å². The summed E-state index contributed by atoms with van der Waals surface area (Å²) in [6.07, 6.45) is -8.13. The van der Waals surface area contributed by atoms with Gasteiger partial charge < -0.3 is 25.6 Å². The summed E-state index contributed by atoms with van der Waals surface area (Å²) in [5, 5.41) is 8.13. The van der Waals surface area contributed by atoms with Crippen LogP contribution in [-0.2, 0) is 6.18 Å². The third-order valence-corrected chi connectivity index (χ3v) is 7.71. The Kier molecular flexibility index (Phi) is 9.11. The maximum Gasteiger partial charge on any atom is 0.573 e. The van der Waals surface area contributed by atoms with Crippen LogP contribution in [-0.4, -0.2) is 53.4 Å². The molecule has 0 spiro atoms. The SMILES string of the molecule is Cc1nc(-c2cnc(Nc3ccc(OC(F)(F)F)cc3)nc2C(F)(F)F)sc1C(=O)Nc1ccc(N2CCCNCC2)c(F)c1. The number of nitrogens with one attached hydrogen (secondary N) is 3. The second kappa shape index (κ2) is 12.8. The number of rotatable bonds is 7. The molecule has 0 aliphatic carbocycles. The molecule has 1 saturated heterocycles. The van der Waals surface area contributed by atoms with E-state index in [2.05, 4.69) is 35.6 Å². The lowest BCUT2D eigenvalue weighted by molar-refractivity contribution is -0.274. The number of thiazole rings is 1. The molecule has 4 aromatic rings. The van der Waals surface area contributed by atoms with Gasteiger partial charge >= 0.3 is 12.5 Å². The predicted molar refractivity (Wildman–Crippen MR) is 153 cm³/mol. The Morgan fingerprint density at radius 3 is 2.42 bits per heavy atom. The highest BCUT2D eigenvalue weighted by molar-refractivity contribution is 7.17. The number of aromatic nitrogens is 3. The van der Waals surface area contributed by atoms with Crippen LogP contribution in [0.2, 0.25) is 0 Å². The first kappa shape index (κ1) is 31.9. The number of aryl methyl sites for hydroxylation is 1. The number of anilines is 4. The van der Waals surface area contributed by atoms with Crippen molar-refractivity contribution in [1.29, 1.82) is 0 Å². The highest BCUT2D eigenvalue weighted by atomic mass is 32.1. The molecule has 238 valence electrons. The zero-order chi connectivity index (χ0) is 32.4. The molecule has 1 fully saturated rings. The maximum atomic E-state index is 14.9. The number of benzene rings is 2. The van der Waals surface area contributed by atoms with Crippen molar-refractivity contribution >= 4 is 40.3 Å². The lowest BCUT2D eigenvalue weighted by Crippen LogP contribution is -2.28. The Hall–Kier alpha value is -4.51. The number of alkyl halides is 6. The lowest BCUT2D eigenvalue weighted by atomic mass is 10.2. The molecule has 3 N–H and O–H groups in total. The summed E-state index contributed by atoms with van der Waals surface area (Å²) in [7, 11) is 0. The van der Waals surface area contributed by atoms with Crippen molar-refractivity contribution in [3.05, 3.63) is 70.7 Å². The number of ether oxygens (including phenoxy) is 1. The number of carbonyl (C=O) groups excluding carboxylic acids is 1. The molecule has 2 aromatic heterocycles. The van der Waals surface area contributed by atoms with Gasteiger partial charge in [-0.25, -0.2) is 19.3 Å². The summed E-state index contributed by atoms with van der Waals surface area (Å²) in [4.78, 5) is 26.6. The van der Waals surface area contributed by atoms with Gasteiger partial charge in [0.2, 0.25) is 5.95 Å². The van der Waals surface area contributed by atoms with Gasteiger partial charge in [-0.15, -0.1) is 24.5 Å². The van der Waals surface area contributed by atoms with Gasteiger partial charge in [0.05, 0.1) is 16.9 Å². The third kappa shape index (κ3) is 7.96. The molecule has 2 aromatic carbocycles.